The molecule has 1 aromatic rings. The molecule has 0 saturated heterocycles. The van der Waals surface area contributed by atoms with Crippen molar-refractivity contribution in [3.05, 3.63) is 35.4 Å². The Kier molecular flexibility index (Phi) is 4.52. The average Bonchev–Trinajstić information content (AvgIpc) is 3.18. The van der Waals surface area contributed by atoms with E-state index in [2.05, 4.69) is 35.2 Å². The van der Waals surface area contributed by atoms with Gasteiger partial charge in [-0.15, -0.1) is 0 Å². The number of sulfonamides is 1. The topological polar surface area (TPSA) is 58.2 Å². The fourth-order valence-corrected chi connectivity index (χ4v) is 3.31. The van der Waals surface area contributed by atoms with E-state index in [0.717, 1.165) is 12.8 Å². The Labute approximate surface area is 122 Å². The quantitative estimate of drug-likeness (QED) is 0.808. The van der Waals surface area contributed by atoms with Gasteiger partial charge in [-0.3, -0.25) is 0 Å². The van der Waals surface area contributed by atoms with Crippen molar-refractivity contribution in [1.82, 2.24) is 10.0 Å². The Morgan fingerprint density at radius 2 is 1.95 bits per heavy atom. The predicted molar refractivity (Wildman–Crippen MR) is 82.2 cm³/mol. The van der Waals surface area contributed by atoms with Gasteiger partial charge in [0.2, 0.25) is 10.0 Å². The van der Waals surface area contributed by atoms with Crippen LogP contribution in [0.1, 0.15) is 37.8 Å². The van der Waals surface area contributed by atoms with Crippen molar-refractivity contribution in [3.63, 3.8) is 0 Å². The van der Waals surface area contributed by atoms with Crippen molar-refractivity contribution >= 4 is 10.0 Å². The predicted octanol–water partition coefficient (Wildman–Crippen LogP) is 1.90. The second kappa shape index (κ2) is 5.84. The lowest BCUT2D eigenvalue weighted by atomic mass is 9.98. The molecule has 0 aliphatic heterocycles. The summed E-state index contributed by atoms with van der Waals surface area (Å²) in [7, 11) is -3.11. The summed E-state index contributed by atoms with van der Waals surface area (Å²) >= 11 is 0. The molecule has 1 aliphatic rings. The zero-order chi connectivity index (χ0) is 14.8. The van der Waals surface area contributed by atoms with Crippen molar-refractivity contribution < 1.29 is 8.42 Å². The van der Waals surface area contributed by atoms with Gasteiger partial charge in [0.1, 0.15) is 0 Å². The van der Waals surface area contributed by atoms with Crippen LogP contribution in [0.3, 0.4) is 0 Å². The van der Waals surface area contributed by atoms with Gasteiger partial charge in [-0.1, -0.05) is 24.3 Å². The van der Waals surface area contributed by atoms with Gasteiger partial charge in [0.15, 0.2) is 0 Å². The molecule has 0 heterocycles. The lowest BCUT2D eigenvalue weighted by Crippen LogP contribution is -2.44. The summed E-state index contributed by atoms with van der Waals surface area (Å²) in [6.07, 6.45) is 2.23. The molecule has 4 nitrogen and oxygen atoms in total. The number of nitrogens with one attached hydrogen (secondary N) is 2. The van der Waals surface area contributed by atoms with Crippen LogP contribution in [0.25, 0.3) is 0 Å². The lowest BCUT2D eigenvalue weighted by molar-refractivity contribution is 0.433. The Balaban J connectivity index is 1.98. The zero-order valence-electron chi connectivity index (χ0n) is 12.4. The maximum absolute atomic E-state index is 11.5. The molecule has 0 radical (unpaired) electrons. The molecule has 0 aromatic heterocycles. The largest absolute Gasteiger partial charge is 0.304 e. The molecule has 0 bridgehead atoms. The van der Waals surface area contributed by atoms with Crippen LogP contribution < -0.4 is 10.0 Å². The molecule has 1 atom stereocenters. The smallest absolute Gasteiger partial charge is 0.211 e. The Morgan fingerprint density at radius 1 is 1.30 bits per heavy atom. The molecule has 0 spiro atoms. The summed E-state index contributed by atoms with van der Waals surface area (Å²) in [4.78, 5) is 0. The highest BCUT2D eigenvalue weighted by Gasteiger charge is 2.45. The van der Waals surface area contributed by atoms with Crippen molar-refractivity contribution in [2.24, 2.45) is 0 Å². The first-order valence-corrected chi connectivity index (χ1v) is 8.85. The van der Waals surface area contributed by atoms with Crippen molar-refractivity contribution in [2.75, 3.05) is 12.3 Å². The van der Waals surface area contributed by atoms with Crippen molar-refractivity contribution in [1.29, 1.82) is 0 Å². The molecule has 1 aromatic carbocycles. The molecule has 20 heavy (non-hydrogen) atoms. The van der Waals surface area contributed by atoms with Crippen molar-refractivity contribution in [3.8, 4) is 0 Å². The van der Waals surface area contributed by atoms with Crippen LogP contribution in [0.5, 0.6) is 0 Å². The Morgan fingerprint density at radius 3 is 2.50 bits per heavy atom. The van der Waals surface area contributed by atoms with Crippen LogP contribution in [0.15, 0.2) is 24.3 Å². The van der Waals surface area contributed by atoms with Crippen LogP contribution in [0.2, 0.25) is 0 Å². The molecule has 112 valence electrons. The Hall–Kier alpha value is -0.910. The molecular weight excluding hydrogens is 272 g/mol. The van der Waals surface area contributed by atoms with Gasteiger partial charge < -0.3 is 5.32 Å². The minimum absolute atomic E-state index is 0.0441. The van der Waals surface area contributed by atoms with Gasteiger partial charge in [-0.2, -0.15) is 0 Å². The van der Waals surface area contributed by atoms with Gasteiger partial charge in [-0.05, 0) is 44.7 Å². The maximum atomic E-state index is 11.5. The van der Waals surface area contributed by atoms with E-state index in [9.17, 15) is 8.42 Å². The second-order valence-electron chi connectivity index (χ2n) is 5.69. The van der Waals surface area contributed by atoms with E-state index in [0.29, 0.717) is 6.54 Å². The van der Waals surface area contributed by atoms with Crippen LogP contribution in [-0.2, 0) is 15.6 Å². The molecule has 2 rings (SSSR count). The van der Waals surface area contributed by atoms with E-state index in [-0.39, 0.29) is 17.3 Å². The summed E-state index contributed by atoms with van der Waals surface area (Å²) in [6.45, 7) is 6.23. The maximum Gasteiger partial charge on any atom is 0.211 e. The lowest BCUT2D eigenvalue weighted by Gasteiger charge is -2.25. The number of hydrogen-bond acceptors (Lipinski definition) is 3. The van der Waals surface area contributed by atoms with Crippen LogP contribution in [-0.4, -0.2) is 26.8 Å². The fourth-order valence-electron chi connectivity index (χ4n) is 2.60. The highest BCUT2D eigenvalue weighted by Crippen LogP contribution is 2.46. The third-order valence-corrected chi connectivity index (χ3v) is 5.29. The number of aryl methyl sites for hydroxylation is 1. The summed E-state index contributed by atoms with van der Waals surface area (Å²) in [6, 6.07) is 8.51. The zero-order valence-corrected chi connectivity index (χ0v) is 13.3. The van der Waals surface area contributed by atoms with Gasteiger partial charge in [0.25, 0.3) is 0 Å². The second-order valence-corrected chi connectivity index (χ2v) is 7.79. The van der Waals surface area contributed by atoms with Crippen LogP contribution >= 0.6 is 0 Å². The molecule has 0 amide bonds. The number of benzene rings is 1. The van der Waals surface area contributed by atoms with Crippen molar-refractivity contribution in [2.45, 2.75) is 45.2 Å². The normalized spacial score (nSPS) is 18.8. The first kappa shape index (κ1) is 15.5. The highest BCUT2D eigenvalue weighted by molar-refractivity contribution is 7.89. The van der Waals surface area contributed by atoms with E-state index in [4.69, 9.17) is 0 Å². The van der Waals surface area contributed by atoms with Gasteiger partial charge in [0.05, 0.1) is 5.75 Å². The number of hydrogen-bond donors (Lipinski definition) is 2. The highest BCUT2D eigenvalue weighted by atomic mass is 32.2. The summed E-state index contributed by atoms with van der Waals surface area (Å²) < 4.78 is 25.6. The van der Waals surface area contributed by atoms with Gasteiger partial charge >= 0.3 is 0 Å². The molecule has 2 N–H and O–H groups in total. The van der Waals surface area contributed by atoms with E-state index < -0.39 is 10.0 Å². The summed E-state index contributed by atoms with van der Waals surface area (Å²) in [5.41, 5.74) is 2.67. The first-order valence-electron chi connectivity index (χ1n) is 7.20. The van der Waals surface area contributed by atoms with Gasteiger partial charge in [0, 0.05) is 18.1 Å². The summed E-state index contributed by atoms with van der Waals surface area (Å²) in [5, 5.41) is 3.59. The minimum atomic E-state index is -3.11. The Bertz CT molecular complexity index is 565. The minimum Gasteiger partial charge on any atom is -0.304 e. The summed E-state index contributed by atoms with van der Waals surface area (Å²) in [5.74, 6) is 0.128. The molecule has 1 unspecified atom stereocenters. The van der Waals surface area contributed by atoms with Crippen LogP contribution in [0.4, 0.5) is 0 Å². The fraction of sp³-hybridized carbons (Fsp3) is 0.600. The van der Waals surface area contributed by atoms with E-state index in [1.165, 1.54) is 11.1 Å². The SMILES string of the molecule is CCS(=O)(=O)NCC(C)NC1(c2ccccc2C)CC1. The third-order valence-electron chi connectivity index (χ3n) is 3.92. The third kappa shape index (κ3) is 3.59. The van der Waals surface area contributed by atoms with Crippen LogP contribution in [0, 0.1) is 6.92 Å². The average molecular weight is 296 g/mol. The van der Waals surface area contributed by atoms with E-state index in [1.54, 1.807) is 6.92 Å². The molecule has 5 heteroatoms. The van der Waals surface area contributed by atoms with E-state index >= 15 is 0 Å². The number of rotatable bonds is 7. The standard InChI is InChI=1S/C15H24N2O2S/c1-4-20(18,19)16-11-13(3)17-15(9-10-15)14-8-6-5-7-12(14)2/h5-8,13,16-17H,4,9-11H2,1-3H3. The molecule has 1 saturated carbocycles. The molecule has 1 fully saturated rings. The van der Waals surface area contributed by atoms with E-state index in [1.807, 2.05) is 13.0 Å². The monoisotopic (exact) mass is 296 g/mol. The molecular formula is C15H24N2O2S. The van der Waals surface area contributed by atoms with Gasteiger partial charge in [-0.25, -0.2) is 13.1 Å². The molecule has 1 aliphatic carbocycles. The first-order chi connectivity index (χ1) is 9.38.